The van der Waals surface area contributed by atoms with Crippen molar-refractivity contribution in [3.05, 3.63) is 46.6 Å². The van der Waals surface area contributed by atoms with Crippen LogP contribution in [-0.4, -0.2) is 11.6 Å². The zero-order chi connectivity index (χ0) is 36.8. The van der Waals surface area contributed by atoms with E-state index in [0.717, 1.165) is 90.9 Å². The molecule has 1 aliphatic rings. The van der Waals surface area contributed by atoms with Crippen molar-refractivity contribution >= 4 is 5.97 Å². The Morgan fingerprint density at radius 3 is 1.94 bits per heavy atom. The molecule has 0 N–H and O–H groups in total. The molecule has 3 atom stereocenters. The molecule has 0 bridgehead atoms. The Hall–Kier alpha value is -2.03. The summed E-state index contributed by atoms with van der Waals surface area (Å²) in [5.41, 5.74) is 4.38. The summed E-state index contributed by atoms with van der Waals surface area (Å²) in [7, 11) is 0. The molecule has 2 rings (SSSR count). The van der Waals surface area contributed by atoms with Gasteiger partial charge in [-0.1, -0.05) is 136 Å². The second-order valence-corrected chi connectivity index (χ2v) is 16.9. The molecule has 0 spiro atoms. The lowest BCUT2D eigenvalue weighted by Gasteiger charge is -2.38. The lowest BCUT2D eigenvalue weighted by atomic mass is 9.83. The monoisotopic (exact) mass is 693 g/mol. The molecular formula is C47H80O3. The molecule has 0 fully saturated rings. The van der Waals surface area contributed by atoms with Gasteiger partial charge in [0.2, 0.25) is 0 Å². The predicted molar refractivity (Wildman–Crippen MR) is 218 cm³/mol. The fourth-order valence-electron chi connectivity index (χ4n) is 7.66. The molecule has 3 heteroatoms. The molecule has 1 aromatic rings. The third-order valence-electron chi connectivity index (χ3n) is 11.4. The molecule has 0 unspecified atom stereocenters. The van der Waals surface area contributed by atoms with Crippen LogP contribution in [-0.2, 0) is 11.2 Å². The lowest BCUT2D eigenvalue weighted by molar-refractivity contribution is -0.134. The minimum atomic E-state index is -0.124. The number of rotatable bonds is 27. The van der Waals surface area contributed by atoms with Crippen LogP contribution in [0.25, 0.3) is 0 Å². The number of carbonyl (C=O) groups excluding carboxylic acids is 1. The quantitative estimate of drug-likeness (QED) is 0.0398. The first kappa shape index (κ1) is 44.1. The summed E-state index contributed by atoms with van der Waals surface area (Å²) in [6.07, 6.45) is 36.6. The van der Waals surface area contributed by atoms with Gasteiger partial charge in [0.1, 0.15) is 17.1 Å². The van der Waals surface area contributed by atoms with Gasteiger partial charge in [-0.15, -0.1) is 0 Å². The maximum atomic E-state index is 12.9. The number of allylic oxidation sites excluding steroid dienone is 4. The van der Waals surface area contributed by atoms with Crippen molar-refractivity contribution in [1.82, 2.24) is 0 Å². The largest absolute Gasteiger partial charge is 0.487 e. The highest BCUT2D eigenvalue weighted by atomic mass is 16.5. The molecule has 0 aliphatic carbocycles. The summed E-state index contributed by atoms with van der Waals surface area (Å²) >= 11 is 0. The van der Waals surface area contributed by atoms with Gasteiger partial charge < -0.3 is 9.47 Å². The fourth-order valence-corrected chi connectivity index (χ4v) is 7.66. The van der Waals surface area contributed by atoms with E-state index in [1.165, 1.54) is 102 Å². The Kier molecular flexibility index (Phi) is 22.1. The van der Waals surface area contributed by atoms with Crippen molar-refractivity contribution in [1.29, 1.82) is 0 Å². The number of hydrogen-bond acceptors (Lipinski definition) is 3. The maximum absolute atomic E-state index is 12.9. The van der Waals surface area contributed by atoms with Crippen LogP contribution in [0.3, 0.4) is 0 Å². The van der Waals surface area contributed by atoms with E-state index < -0.39 is 0 Å². The van der Waals surface area contributed by atoms with Gasteiger partial charge in [-0.3, -0.25) is 4.79 Å². The van der Waals surface area contributed by atoms with E-state index in [9.17, 15) is 4.79 Å². The molecule has 0 aromatic heterocycles. The fraction of sp³-hybridized carbons (Fsp3) is 0.766. The predicted octanol–water partition coefficient (Wildman–Crippen LogP) is 14.9. The molecule has 1 heterocycles. The summed E-state index contributed by atoms with van der Waals surface area (Å²) in [5.74, 6) is 4.19. The van der Waals surface area contributed by atoms with Crippen molar-refractivity contribution in [3.8, 4) is 11.5 Å². The first-order chi connectivity index (χ1) is 24.0. The van der Waals surface area contributed by atoms with Gasteiger partial charge in [0.05, 0.1) is 0 Å². The highest BCUT2D eigenvalue weighted by Gasteiger charge is 2.34. The van der Waals surface area contributed by atoms with Crippen molar-refractivity contribution in [2.45, 2.75) is 216 Å². The van der Waals surface area contributed by atoms with E-state index >= 15 is 0 Å². The van der Waals surface area contributed by atoms with E-state index in [4.69, 9.17) is 9.47 Å². The van der Waals surface area contributed by atoms with E-state index in [0.29, 0.717) is 6.42 Å². The average molecular weight is 693 g/mol. The first-order valence-corrected chi connectivity index (χ1v) is 21.3. The number of esters is 1. The topological polar surface area (TPSA) is 35.5 Å². The van der Waals surface area contributed by atoms with Gasteiger partial charge in [0, 0.05) is 12.0 Å². The second kappa shape index (κ2) is 25.0. The van der Waals surface area contributed by atoms with Crippen LogP contribution in [0.4, 0.5) is 0 Å². The third kappa shape index (κ3) is 17.5. The van der Waals surface area contributed by atoms with Crippen LogP contribution in [0.5, 0.6) is 11.5 Å². The lowest BCUT2D eigenvalue weighted by Crippen LogP contribution is -2.37. The van der Waals surface area contributed by atoms with Crippen LogP contribution >= 0.6 is 0 Å². The van der Waals surface area contributed by atoms with Crippen LogP contribution < -0.4 is 9.47 Å². The minimum Gasteiger partial charge on any atom is -0.487 e. The highest BCUT2D eigenvalue weighted by molar-refractivity contribution is 5.74. The Morgan fingerprint density at radius 2 is 1.30 bits per heavy atom. The van der Waals surface area contributed by atoms with Gasteiger partial charge in [-0.05, 0) is 126 Å². The smallest absolute Gasteiger partial charge is 0.311 e. The molecule has 1 aromatic carbocycles. The van der Waals surface area contributed by atoms with Crippen LogP contribution in [0, 0.1) is 38.5 Å². The molecule has 286 valence electrons. The molecule has 0 radical (unpaired) electrons. The number of fused-ring (bicyclic) bond motifs is 1. The van der Waals surface area contributed by atoms with E-state index in [1.54, 1.807) is 0 Å². The molecule has 0 saturated carbocycles. The Bertz CT molecular complexity index is 1140. The zero-order valence-corrected chi connectivity index (χ0v) is 34.5. The van der Waals surface area contributed by atoms with Gasteiger partial charge in [0.15, 0.2) is 0 Å². The van der Waals surface area contributed by atoms with Gasteiger partial charge >= 0.3 is 5.97 Å². The summed E-state index contributed by atoms with van der Waals surface area (Å²) in [4.78, 5) is 12.9. The van der Waals surface area contributed by atoms with E-state index in [-0.39, 0.29) is 11.6 Å². The Labute approximate surface area is 310 Å². The molecule has 50 heavy (non-hydrogen) atoms. The van der Waals surface area contributed by atoms with Crippen molar-refractivity contribution < 1.29 is 14.3 Å². The van der Waals surface area contributed by atoms with Crippen molar-refractivity contribution in [2.24, 2.45) is 17.8 Å². The number of hydrogen-bond donors (Lipinski definition) is 0. The second-order valence-electron chi connectivity index (χ2n) is 16.9. The summed E-state index contributed by atoms with van der Waals surface area (Å²) in [6.45, 7) is 20.5. The normalized spacial score (nSPS) is 17.4. The van der Waals surface area contributed by atoms with Gasteiger partial charge in [-0.2, -0.15) is 0 Å². The Balaban J connectivity index is 1.70. The van der Waals surface area contributed by atoms with E-state index in [1.807, 2.05) is 0 Å². The van der Waals surface area contributed by atoms with Crippen LogP contribution in [0.2, 0.25) is 0 Å². The molecule has 1 aliphatic heterocycles. The van der Waals surface area contributed by atoms with Gasteiger partial charge in [0.25, 0.3) is 0 Å². The molecule has 3 nitrogen and oxygen atoms in total. The SMILES string of the molecule is CCCCC/C=C\C/C=C\CCCCCCCC(=O)Oc1c(C)c(C)c2c(c1C)CC[C@](C)(CCC[C@@H](C)CCC[C@@H](C)CCCC(C)C)O2. The highest BCUT2D eigenvalue weighted by Crippen LogP contribution is 2.45. The molecule has 0 amide bonds. The standard InChI is InChI=1S/C47H80O3/c1-10-11-12-13-14-15-16-17-18-19-20-21-22-23-24-33-44(48)49-45-40(6)41(7)46-43(42(45)8)34-36-47(9,50-46)35-27-32-39(5)31-26-30-38(4)29-25-28-37(2)3/h14-15,17-18,37-39H,10-13,16,19-36H2,1-9H3/b15-14-,18-17-/t38-,39-,47-/m0/s1. The number of unbranched alkanes of at least 4 members (excludes halogenated alkanes) is 8. The van der Waals surface area contributed by atoms with E-state index in [2.05, 4.69) is 86.6 Å². The number of carbonyl (C=O) groups is 1. The summed E-state index contributed by atoms with van der Waals surface area (Å²) in [5, 5.41) is 0. The number of benzene rings is 1. The van der Waals surface area contributed by atoms with Crippen molar-refractivity contribution in [2.75, 3.05) is 0 Å². The first-order valence-electron chi connectivity index (χ1n) is 21.3. The molecular weight excluding hydrogens is 613 g/mol. The Morgan fingerprint density at radius 1 is 0.720 bits per heavy atom. The third-order valence-corrected chi connectivity index (χ3v) is 11.4. The van der Waals surface area contributed by atoms with Gasteiger partial charge in [-0.25, -0.2) is 0 Å². The van der Waals surface area contributed by atoms with Crippen LogP contribution in [0.15, 0.2) is 24.3 Å². The van der Waals surface area contributed by atoms with Crippen LogP contribution in [0.1, 0.15) is 205 Å². The maximum Gasteiger partial charge on any atom is 0.311 e. The zero-order valence-electron chi connectivity index (χ0n) is 34.5. The minimum absolute atomic E-state index is 0.0995. The number of ether oxygens (including phenoxy) is 2. The van der Waals surface area contributed by atoms with Crippen molar-refractivity contribution in [3.63, 3.8) is 0 Å². The summed E-state index contributed by atoms with van der Waals surface area (Å²) in [6, 6.07) is 0. The average Bonchev–Trinajstić information content (AvgIpc) is 3.07. The molecule has 0 saturated heterocycles. The summed E-state index contributed by atoms with van der Waals surface area (Å²) < 4.78 is 12.9.